The normalized spacial score (nSPS) is 11.1. The molecule has 0 spiro atoms. The summed E-state index contributed by atoms with van der Waals surface area (Å²) in [5.74, 6) is 1.33. The molecule has 0 unspecified atom stereocenters. The van der Waals surface area contributed by atoms with Crippen molar-refractivity contribution >= 4 is 28.7 Å². The fourth-order valence-corrected chi connectivity index (χ4v) is 3.07. The predicted octanol–water partition coefficient (Wildman–Crippen LogP) is 5.28. The summed E-state index contributed by atoms with van der Waals surface area (Å²) in [5.41, 5.74) is 4.31. The Kier molecular flexibility index (Phi) is 5.38. The lowest BCUT2D eigenvalue weighted by Gasteiger charge is -2.07. The highest BCUT2D eigenvalue weighted by Crippen LogP contribution is 2.27. The van der Waals surface area contributed by atoms with Gasteiger partial charge in [0.15, 0.2) is 0 Å². The third-order valence-corrected chi connectivity index (χ3v) is 4.45. The van der Waals surface area contributed by atoms with Crippen LogP contribution in [0.5, 0.6) is 5.75 Å². The van der Waals surface area contributed by atoms with Gasteiger partial charge in [-0.2, -0.15) is 0 Å². The van der Waals surface area contributed by atoms with Gasteiger partial charge < -0.3 is 15.0 Å². The number of aromatic nitrogens is 2. The zero-order valence-corrected chi connectivity index (χ0v) is 16.1. The van der Waals surface area contributed by atoms with Crippen LogP contribution in [0.2, 0.25) is 0 Å². The van der Waals surface area contributed by atoms with Crippen molar-refractivity contribution < 1.29 is 9.53 Å². The van der Waals surface area contributed by atoms with E-state index in [0.717, 1.165) is 33.7 Å². The van der Waals surface area contributed by atoms with Gasteiger partial charge in [0.25, 0.3) is 0 Å². The number of fused-ring (bicyclic) bond motifs is 1. The number of nitrogens with zero attached hydrogens (tertiary/aromatic N) is 1. The summed E-state index contributed by atoms with van der Waals surface area (Å²) in [6.45, 7) is 2.57. The Morgan fingerprint density at radius 3 is 2.59 bits per heavy atom. The highest BCUT2D eigenvalue weighted by molar-refractivity contribution is 6.04. The number of anilines is 1. The molecule has 0 fully saturated rings. The van der Waals surface area contributed by atoms with E-state index in [9.17, 15) is 4.79 Å². The number of hydrogen-bond donors (Lipinski definition) is 2. The number of imidazole rings is 1. The van der Waals surface area contributed by atoms with Crippen molar-refractivity contribution in [3.63, 3.8) is 0 Å². The van der Waals surface area contributed by atoms with Crippen LogP contribution in [0.3, 0.4) is 0 Å². The van der Waals surface area contributed by atoms with Crippen LogP contribution in [0, 0.1) is 0 Å². The second-order valence-electron chi connectivity index (χ2n) is 6.47. The van der Waals surface area contributed by atoms with E-state index in [1.165, 1.54) is 6.08 Å². The minimum Gasteiger partial charge on any atom is -0.494 e. The minimum absolute atomic E-state index is 0.206. The molecular weight excluding hydrogens is 362 g/mol. The molecule has 29 heavy (non-hydrogen) atoms. The van der Waals surface area contributed by atoms with Crippen molar-refractivity contribution in [1.29, 1.82) is 0 Å². The Labute approximate surface area is 169 Å². The SMILES string of the molecule is CCOc1ccc(/C=C/C(=O)Nc2ccccc2-c2nc3ccccc3[nH]2)cc1. The summed E-state index contributed by atoms with van der Waals surface area (Å²) >= 11 is 0. The third-order valence-electron chi connectivity index (χ3n) is 4.45. The smallest absolute Gasteiger partial charge is 0.248 e. The van der Waals surface area contributed by atoms with E-state index in [-0.39, 0.29) is 5.91 Å². The van der Waals surface area contributed by atoms with Gasteiger partial charge in [-0.25, -0.2) is 4.98 Å². The van der Waals surface area contributed by atoms with E-state index in [1.54, 1.807) is 6.08 Å². The number of carbonyl (C=O) groups is 1. The largest absolute Gasteiger partial charge is 0.494 e. The second-order valence-corrected chi connectivity index (χ2v) is 6.47. The van der Waals surface area contributed by atoms with Crippen LogP contribution < -0.4 is 10.1 Å². The number of carbonyl (C=O) groups excluding carboxylic acids is 1. The number of hydrogen-bond acceptors (Lipinski definition) is 3. The van der Waals surface area contributed by atoms with E-state index in [0.29, 0.717) is 12.3 Å². The van der Waals surface area contributed by atoms with Crippen LogP contribution in [0.1, 0.15) is 12.5 Å². The summed E-state index contributed by atoms with van der Waals surface area (Å²) < 4.78 is 5.43. The molecule has 1 aromatic heterocycles. The van der Waals surface area contributed by atoms with Crippen molar-refractivity contribution in [2.45, 2.75) is 6.92 Å². The maximum Gasteiger partial charge on any atom is 0.248 e. The zero-order chi connectivity index (χ0) is 20.1. The monoisotopic (exact) mass is 383 g/mol. The van der Waals surface area contributed by atoms with E-state index in [1.807, 2.05) is 79.7 Å². The molecule has 4 aromatic rings. The molecule has 1 heterocycles. The molecule has 0 atom stereocenters. The van der Waals surface area contributed by atoms with Crippen LogP contribution in [-0.4, -0.2) is 22.5 Å². The van der Waals surface area contributed by atoms with Gasteiger partial charge >= 0.3 is 0 Å². The molecule has 5 heteroatoms. The molecule has 0 aliphatic rings. The number of rotatable bonds is 6. The average Bonchev–Trinajstić information content (AvgIpc) is 3.18. The fourth-order valence-electron chi connectivity index (χ4n) is 3.07. The maximum atomic E-state index is 12.5. The van der Waals surface area contributed by atoms with Gasteiger partial charge in [0, 0.05) is 11.6 Å². The summed E-state index contributed by atoms with van der Waals surface area (Å²) in [4.78, 5) is 20.4. The van der Waals surface area contributed by atoms with Crippen LogP contribution in [0.4, 0.5) is 5.69 Å². The molecule has 0 aliphatic carbocycles. The van der Waals surface area contributed by atoms with Gasteiger partial charge in [0.2, 0.25) is 5.91 Å². The quantitative estimate of drug-likeness (QED) is 0.445. The standard InChI is InChI=1S/C24H21N3O2/c1-2-29-18-14-11-17(12-15-18)13-16-23(28)25-20-8-4-3-7-19(20)24-26-21-9-5-6-10-22(21)27-24/h3-16H,2H2,1H3,(H,25,28)(H,26,27)/b16-13+. The Morgan fingerprint density at radius 1 is 1.03 bits per heavy atom. The maximum absolute atomic E-state index is 12.5. The van der Waals surface area contributed by atoms with Crippen molar-refractivity contribution in [3.05, 3.63) is 84.4 Å². The molecule has 5 nitrogen and oxygen atoms in total. The number of aromatic amines is 1. The topological polar surface area (TPSA) is 67.0 Å². The summed E-state index contributed by atoms with van der Waals surface area (Å²) in [6.07, 6.45) is 3.29. The first-order valence-corrected chi connectivity index (χ1v) is 9.49. The summed E-state index contributed by atoms with van der Waals surface area (Å²) in [5, 5.41) is 2.94. The number of ether oxygens (including phenoxy) is 1. The lowest BCUT2D eigenvalue weighted by atomic mass is 10.1. The first kappa shape index (κ1) is 18.5. The van der Waals surface area contributed by atoms with Gasteiger partial charge in [-0.1, -0.05) is 36.4 Å². The van der Waals surface area contributed by atoms with Gasteiger partial charge in [-0.15, -0.1) is 0 Å². The van der Waals surface area contributed by atoms with Gasteiger partial charge in [-0.3, -0.25) is 4.79 Å². The van der Waals surface area contributed by atoms with Crippen molar-refractivity contribution in [1.82, 2.24) is 9.97 Å². The minimum atomic E-state index is -0.206. The molecule has 0 saturated heterocycles. The number of benzene rings is 3. The predicted molar refractivity (Wildman–Crippen MR) is 117 cm³/mol. The lowest BCUT2D eigenvalue weighted by Crippen LogP contribution is -2.08. The molecule has 0 bridgehead atoms. The highest BCUT2D eigenvalue weighted by atomic mass is 16.5. The van der Waals surface area contributed by atoms with Crippen LogP contribution in [-0.2, 0) is 4.79 Å². The third kappa shape index (κ3) is 4.35. The molecule has 0 aliphatic heterocycles. The molecule has 0 saturated carbocycles. The van der Waals surface area contributed by atoms with E-state index in [4.69, 9.17) is 4.74 Å². The summed E-state index contributed by atoms with van der Waals surface area (Å²) in [6, 6.07) is 23.1. The van der Waals surface area contributed by atoms with Crippen molar-refractivity contribution in [3.8, 4) is 17.1 Å². The van der Waals surface area contributed by atoms with E-state index in [2.05, 4.69) is 15.3 Å². The summed E-state index contributed by atoms with van der Waals surface area (Å²) in [7, 11) is 0. The van der Waals surface area contributed by atoms with Crippen LogP contribution >= 0.6 is 0 Å². The Bertz CT molecular complexity index is 1130. The molecule has 4 rings (SSSR count). The lowest BCUT2D eigenvalue weighted by molar-refractivity contribution is -0.111. The van der Waals surface area contributed by atoms with E-state index < -0.39 is 0 Å². The van der Waals surface area contributed by atoms with Gasteiger partial charge in [0.05, 0.1) is 23.3 Å². The molecule has 144 valence electrons. The number of para-hydroxylation sites is 3. The molecule has 3 aromatic carbocycles. The van der Waals surface area contributed by atoms with Gasteiger partial charge in [-0.05, 0) is 55.0 Å². The van der Waals surface area contributed by atoms with Crippen LogP contribution in [0.25, 0.3) is 28.5 Å². The van der Waals surface area contributed by atoms with Crippen molar-refractivity contribution in [2.75, 3.05) is 11.9 Å². The Hall–Kier alpha value is -3.86. The molecule has 0 radical (unpaired) electrons. The number of H-pyrrole nitrogens is 1. The molecule has 2 N–H and O–H groups in total. The molecular formula is C24H21N3O2. The Balaban J connectivity index is 1.51. The van der Waals surface area contributed by atoms with E-state index >= 15 is 0 Å². The van der Waals surface area contributed by atoms with Gasteiger partial charge in [0.1, 0.15) is 11.6 Å². The number of amides is 1. The van der Waals surface area contributed by atoms with Crippen molar-refractivity contribution in [2.24, 2.45) is 0 Å². The number of nitrogens with one attached hydrogen (secondary N) is 2. The second kappa shape index (κ2) is 8.44. The molecule has 1 amide bonds. The fraction of sp³-hybridized carbons (Fsp3) is 0.0833. The zero-order valence-electron chi connectivity index (χ0n) is 16.1. The first-order chi connectivity index (χ1) is 14.2. The Morgan fingerprint density at radius 2 is 1.79 bits per heavy atom. The highest BCUT2D eigenvalue weighted by Gasteiger charge is 2.10. The average molecular weight is 383 g/mol. The van der Waals surface area contributed by atoms with Crippen LogP contribution in [0.15, 0.2) is 78.9 Å². The first-order valence-electron chi connectivity index (χ1n) is 9.49.